The van der Waals surface area contributed by atoms with Gasteiger partial charge in [-0.25, -0.2) is 4.79 Å². The van der Waals surface area contributed by atoms with Crippen molar-refractivity contribution in [2.45, 2.75) is 6.54 Å². The summed E-state index contributed by atoms with van der Waals surface area (Å²) in [5, 5.41) is 18.4. The van der Waals surface area contributed by atoms with Gasteiger partial charge in [0.1, 0.15) is 0 Å². The Kier molecular flexibility index (Phi) is 3.96. The molecule has 0 fully saturated rings. The monoisotopic (exact) mass is 249 g/mol. The van der Waals surface area contributed by atoms with E-state index >= 15 is 0 Å². The number of aromatic carboxylic acids is 1. The second kappa shape index (κ2) is 5.66. The summed E-state index contributed by atoms with van der Waals surface area (Å²) in [6.45, 7) is 1.55. The first-order chi connectivity index (χ1) is 8.72. The Morgan fingerprint density at radius 3 is 2.83 bits per heavy atom. The molecule has 2 aromatic rings. The van der Waals surface area contributed by atoms with Crippen LogP contribution < -0.4 is 0 Å². The zero-order chi connectivity index (χ0) is 13.0. The second-order valence-electron chi connectivity index (χ2n) is 3.92. The van der Waals surface area contributed by atoms with Gasteiger partial charge in [0.25, 0.3) is 0 Å². The van der Waals surface area contributed by atoms with E-state index in [-0.39, 0.29) is 12.2 Å². The van der Waals surface area contributed by atoms with E-state index in [2.05, 4.69) is 0 Å². The highest BCUT2D eigenvalue weighted by Gasteiger charge is 2.06. The average molecular weight is 249 g/mol. The van der Waals surface area contributed by atoms with Gasteiger partial charge in [0.2, 0.25) is 0 Å². The molecule has 0 atom stereocenters. The first kappa shape index (κ1) is 12.6. The van der Waals surface area contributed by atoms with E-state index in [9.17, 15) is 4.79 Å². The largest absolute Gasteiger partial charge is 0.478 e. The fraction of sp³-hybridized carbons (Fsp3) is 0.308. The zero-order valence-corrected chi connectivity index (χ0v) is 9.87. The van der Waals surface area contributed by atoms with E-state index in [0.717, 1.165) is 10.9 Å². The van der Waals surface area contributed by atoms with Gasteiger partial charge < -0.3 is 19.5 Å². The van der Waals surface area contributed by atoms with Gasteiger partial charge in [-0.15, -0.1) is 0 Å². The first-order valence-corrected chi connectivity index (χ1v) is 5.73. The van der Waals surface area contributed by atoms with Crippen molar-refractivity contribution < 1.29 is 19.7 Å². The van der Waals surface area contributed by atoms with Crippen molar-refractivity contribution in [2.75, 3.05) is 19.8 Å². The van der Waals surface area contributed by atoms with Crippen LogP contribution in [0.1, 0.15) is 10.4 Å². The number of aliphatic hydroxyl groups is 1. The van der Waals surface area contributed by atoms with E-state index in [4.69, 9.17) is 14.9 Å². The summed E-state index contributed by atoms with van der Waals surface area (Å²) in [5.74, 6) is -0.920. The Morgan fingerprint density at radius 1 is 1.28 bits per heavy atom. The van der Waals surface area contributed by atoms with Crippen LogP contribution in [0.25, 0.3) is 10.9 Å². The predicted octanol–water partition coefficient (Wildman–Crippen LogP) is 1.35. The molecule has 0 aliphatic heterocycles. The summed E-state index contributed by atoms with van der Waals surface area (Å²) >= 11 is 0. The number of ether oxygens (including phenoxy) is 1. The minimum Gasteiger partial charge on any atom is -0.478 e. The third-order valence-electron chi connectivity index (χ3n) is 2.73. The molecule has 0 unspecified atom stereocenters. The summed E-state index contributed by atoms with van der Waals surface area (Å²) in [6, 6.07) is 6.93. The molecular weight excluding hydrogens is 234 g/mol. The third-order valence-corrected chi connectivity index (χ3v) is 2.73. The fourth-order valence-corrected chi connectivity index (χ4v) is 1.86. The molecule has 2 rings (SSSR count). The van der Waals surface area contributed by atoms with Gasteiger partial charge in [-0.05, 0) is 24.3 Å². The van der Waals surface area contributed by atoms with Crippen molar-refractivity contribution >= 4 is 16.9 Å². The molecule has 0 aliphatic carbocycles. The number of benzene rings is 1. The smallest absolute Gasteiger partial charge is 0.335 e. The molecule has 2 N–H and O–H groups in total. The van der Waals surface area contributed by atoms with Crippen LogP contribution in [0.15, 0.2) is 30.5 Å². The van der Waals surface area contributed by atoms with Crippen molar-refractivity contribution in [1.82, 2.24) is 4.57 Å². The maximum absolute atomic E-state index is 10.8. The Labute approximate surface area is 104 Å². The Balaban J connectivity index is 2.13. The highest BCUT2D eigenvalue weighted by Crippen LogP contribution is 2.17. The maximum atomic E-state index is 10.8. The van der Waals surface area contributed by atoms with Crippen molar-refractivity contribution in [2.24, 2.45) is 0 Å². The summed E-state index contributed by atoms with van der Waals surface area (Å²) < 4.78 is 7.20. The molecule has 0 amide bonds. The van der Waals surface area contributed by atoms with E-state index in [1.54, 1.807) is 18.2 Å². The van der Waals surface area contributed by atoms with Crippen LogP contribution in [0.2, 0.25) is 0 Å². The number of aromatic nitrogens is 1. The molecule has 96 valence electrons. The van der Waals surface area contributed by atoms with Crippen LogP contribution in [0.4, 0.5) is 0 Å². The molecule has 1 heterocycles. The number of fused-ring (bicyclic) bond motifs is 1. The number of hydrogen-bond donors (Lipinski definition) is 2. The van der Waals surface area contributed by atoms with Crippen LogP contribution in [0.3, 0.4) is 0 Å². The minimum absolute atomic E-state index is 0.0222. The highest BCUT2D eigenvalue weighted by molar-refractivity contribution is 5.93. The molecule has 0 saturated heterocycles. The van der Waals surface area contributed by atoms with Crippen LogP contribution >= 0.6 is 0 Å². The van der Waals surface area contributed by atoms with Gasteiger partial charge >= 0.3 is 5.97 Å². The number of hydrogen-bond acceptors (Lipinski definition) is 3. The van der Waals surface area contributed by atoms with Gasteiger partial charge in [0.15, 0.2) is 0 Å². The summed E-state index contributed by atoms with van der Waals surface area (Å²) in [4.78, 5) is 10.8. The molecule has 1 aromatic carbocycles. The van der Waals surface area contributed by atoms with Gasteiger partial charge in [0.05, 0.1) is 25.4 Å². The Bertz CT molecular complexity index is 547. The van der Waals surface area contributed by atoms with Crippen LogP contribution in [-0.2, 0) is 11.3 Å². The molecule has 5 nitrogen and oxygen atoms in total. The number of carboxylic acids is 1. The van der Waals surface area contributed by atoms with Crippen LogP contribution in [-0.4, -0.2) is 40.6 Å². The molecule has 0 aliphatic rings. The van der Waals surface area contributed by atoms with Gasteiger partial charge in [-0.2, -0.15) is 0 Å². The SMILES string of the molecule is O=C(O)c1ccc2c(ccn2CCOCCO)c1. The second-order valence-corrected chi connectivity index (χ2v) is 3.92. The normalized spacial score (nSPS) is 10.9. The highest BCUT2D eigenvalue weighted by atomic mass is 16.5. The lowest BCUT2D eigenvalue weighted by Crippen LogP contribution is -2.07. The molecule has 0 saturated carbocycles. The van der Waals surface area contributed by atoms with Gasteiger partial charge in [0, 0.05) is 23.6 Å². The quantitative estimate of drug-likeness (QED) is 0.758. The molecule has 18 heavy (non-hydrogen) atoms. The molecular formula is C13H15NO4. The lowest BCUT2D eigenvalue weighted by Gasteiger charge is -2.06. The molecule has 0 radical (unpaired) electrons. The lowest BCUT2D eigenvalue weighted by molar-refractivity contribution is 0.0697. The van der Waals surface area contributed by atoms with Crippen molar-refractivity contribution in [1.29, 1.82) is 0 Å². The van der Waals surface area contributed by atoms with E-state index < -0.39 is 5.97 Å². The molecule has 5 heteroatoms. The third kappa shape index (κ3) is 2.69. The van der Waals surface area contributed by atoms with Crippen molar-refractivity contribution in [3.05, 3.63) is 36.0 Å². The van der Waals surface area contributed by atoms with Gasteiger partial charge in [-0.1, -0.05) is 0 Å². The Morgan fingerprint density at radius 2 is 2.11 bits per heavy atom. The number of nitrogens with zero attached hydrogens (tertiary/aromatic N) is 1. The molecule has 1 aromatic heterocycles. The van der Waals surface area contributed by atoms with Crippen molar-refractivity contribution in [3.63, 3.8) is 0 Å². The zero-order valence-electron chi connectivity index (χ0n) is 9.87. The van der Waals surface area contributed by atoms with Crippen LogP contribution in [0, 0.1) is 0 Å². The number of carboxylic acid groups (broad SMARTS) is 1. The number of rotatable bonds is 6. The molecule has 0 spiro atoms. The maximum Gasteiger partial charge on any atom is 0.335 e. The van der Waals surface area contributed by atoms with Crippen LogP contribution in [0.5, 0.6) is 0 Å². The number of carbonyl (C=O) groups is 1. The summed E-state index contributed by atoms with van der Waals surface area (Å²) in [5.41, 5.74) is 1.27. The Hall–Kier alpha value is -1.85. The lowest BCUT2D eigenvalue weighted by atomic mass is 10.1. The predicted molar refractivity (Wildman–Crippen MR) is 66.8 cm³/mol. The van der Waals surface area contributed by atoms with E-state index in [1.165, 1.54) is 0 Å². The summed E-state index contributed by atoms with van der Waals surface area (Å²) in [6.07, 6.45) is 1.90. The standard InChI is InChI=1S/C13H15NO4/c15-6-8-18-7-5-14-4-3-10-9-11(13(16)17)1-2-12(10)14/h1-4,9,15H,5-8H2,(H,16,17). The summed E-state index contributed by atoms with van der Waals surface area (Å²) in [7, 11) is 0. The average Bonchev–Trinajstić information content (AvgIpc) is 2.77. The molecule has 0 bridgehead atoms. The fourth-order valence-electron chi connectivity index (χ4n) is 1.86. The minimum atomic E-state index is -0.920. The van der Waals surface area contributed by atoms with Crippen molar-refractivity contribution in [3.8, 4) is 0 Å². The van der Waals surface area contributed by atoms with E-state index in [0.29, 0.717) is 19.8 Å². The number of aliphatic hydroxyl groups excluding tert-OH is 1. The first-order valence-electron chi connectivity index (χ1n) is 5.73. The van der Waals surface area contributed by atoms with Gasteiger partial charge in [-0.3, -0.25) is 0 Å². The topological polar surface area (TPSA) is 71.7 Å². The van der Waals surface area contributed by atoms with E-state index in [1.807, 2.05) is 16.8 Å².